The van der Waals surface area contributed by atoms with Crippen molar-refractivity contribution in [2.45, 2.75) is 37.9 Å². The van der Waals surface area contributed by atoms with Crippen molar-refractivity contribution in [3.05, 3.63) is 41.6 Å². The van der Waals surface area contributed by atoms with E-state index in [0.717, 1.165) is 31.7 Å². The molecule has 7 heteroatoms. The van der Waals surface area contributed by atoms with Gasteiger partial charge in [-0.3, -0.25) is 9.48 Å². The lowest BCUT2D eigenvalue weighted by atomic mass is 10.1. The first-order valence-corrected chi connectivity index (χ1v) is 8.26. The van der Waals surface area contributed by atoms with Crippen LogP contribution in [0.5, 0.6) is 0 Å². The number of hydrogen-bond donors (Lipinski definition) is 0. The van der Waals surface area contributed by atoms with E-state index in [0.29, 0.717) is 16.8 Å². The summed E-state index contributed by atoms with van der Waals surface area (Å²) in [6, 6.07) is 7.75. The molecule has 1 amide bonds. The van der Waals surface area contributed by atoms with E-state index in [4.69, 9.17) is 0 Å². The molecule has 1 fully saturated rings. The van der Waals surface area contributed by atoms with E-state index >= 15 is 0 Å². The number of aromatic nitrogens is 2. The van der Waals surface area contributed by atoms with Gasteiger partial charge in [-0.15, -0.1) is 0 Å². The maximum atomic E-state index is 13.2. The molecule has 134 valence electrons. The van der Waals surface area contributed by atoms with Crippen molar-refractivity contribution in [2.75, 3.05) is 14.1 Å². The Morgan fingerprint density at radius 3 is 2.48 bits per heavy atom. The molecule has 0 radical (unpaired) electrons. The van der Waals surface area contributed by atoms with Crippen LogP contribution < -0.4 is 0 Å². The molecule has 1 heterocycles. The van der Waals surface area contributed by atoms with Gasteiger partial charge in [0.15, 0.2) is 5.69 Å². The maximum absolute atomic E-state index is 13.2. The summed E-state index contributed by atoms with van der Waals surface area (Å²) in [5, 5.41) is 3.85. The third kappa shape index (κ3) is 3.55. The monoisotopic (exact) mass is 351 g/mol. The van der Waals surface area contributed by atoms with E-state index < -0.39 is 11.9 Å². The highest BCUT2D eigenvalue weighted by Crippen LogP contribution is 2.37. The van der Waals surface area contributed by atoms with Crippen molar-refractivity contribution in [1.29, 1.82) is 0 Å². The number of alkyl halides is 3. The van der Waals surface area contributed by atoms with Gasteiger partial charge in [0.05, 0.1) is 11.7 Å². The van der Waals surface area contributed by atoms with Gasteiger partial charge in [0, 0.05) is 25.2 Å². The Kier molecular flexibility index (Phi) is 4.58. The SMILES string of the molecule is CN(C)C(=O)c1cccc(-c2cc(C(F)(F)F)nn2C2CCCC2)c1. The third-order valence-electron chi connectivity index (χ3n) is 4.51. The first kappa shape index (κ1) is 17.5. The van der Waals surface area contributed by atoms with Gasteiger partial charge in [-0.1, -0.05) is 25.0 Å². The fourth-order valence-electron chi connectivity index (χ4n) is 3.25. The summed E-state index contributed by atoms with van der Waals surface area (Å²) in [4.78, 5) is 13.6. The van der Waals surface area contributed by atoms with Gasteiger partial charge in [0.1, 0.15) is 0 Å². The van der Waals surface area contributed by atoms with Crippen LogP contribution in [0.3, 0.4) is 0 Å². The maximum Gasteiger partial charge on any atom is 0.435 e. The molecule has 4 nitrogen and oxygen atoms in total. The molecule has 3 rings (SSSR count). The summed E-state index contributed by atoms with van der Waals surface area (Å²) in [7, 11) is 3.28. The Bertz CT molecular complexity index is 774. The summed E-state index contributed by atoms with van der Waals surface area (Å²) in [6.45, 7) is 0. The van der Waals surface area contributed by atoms with Crippen LogP contribution in [0, 0.1) is 0 Å². The molecule has 0 bridgehead atoms. The van der Waals surface area contributed by atoms with Crippen LogP contribution in [-0.2, 0) is 6.18 Å². The molecule has 0 spiro atoms. The van der Waals surface area contributed by atoms with Crippen LogP contribution in [0.25, 0.3) is 11.3 Å². The van der Waals surface area contributed by atoms with Crippen LogP contribution >= 0.6 is 0 Å². The first-order chi connectivity index (χ1) is 11.8. The Hall–Kier alpha value is -2.31. The first-order valence-electron chi connectivity index (χ1n) is 8.26. The van der Waals surface area contributed by atoms with Crippen molar-refractivity contribution < 1.29 is 18.0 Å². The summed E-state index contributed by atoms with van der Waals surface area (Å²) < 4.78 is 41.0. The van der Waals surface area contributed by atoms with Crippen molar-refractivity contribution in [1.82, 2.24) is 14.7 Å². The normalized spacial score (nSPS) is 15.6. The largest absolute Gasteiger partial charge is 0.435 e. The van der Waals surface area contributed by atoms with Crippen LogP contribution in [0.1, 0.15) is 47.8 Å². The number of carbonyl (C=O) groups is 1. The van der Waals surface area contributed by atoms with Gasteiger partial charge in [-0.2, -0.15) is 18.3 Å². The molecule has 0 N–H and O–H groups in total. The Morgan fingerprint density at radius 1 is 1.20 bits per heavy atom. The molecular formula is C18H20F3N3O. The molecular weight excluding hydrogens is 331 g/mol. The zero-order valence-corrected chi connectivity index (χ0v) is 14.2. The topological polar surface area (TPSA) is 38.1 Å². The third-order valence-corrected chi connectivity index (χ3v) is 4.51. The highest BCUT2D eigenvalue weighted by molar-refractivity contribution is 5.95. The minimum Gasteiger partial charge on any atom is -0.345 e. The fourth-order valence-corrected chi connectivity index (χ4v) is 3.25. The van der Waals surface area contributed by atoms with Gasteiger partial charge in [-0.05, 0) is 31.0 Å². The van der Waals surface area contributed by atoms with Crippen LogP contribution in [0.2, 0.25) is 0 Å². The molecule has 1 aromatic carbocycles. The average Bonchev–Trinajstić information content (AvgIpc) is 3.22. The van der Waals surface area contributed by atoms with E-state index in [1.54, 1.807) is 38.4 Å². The minimum absolute atomic E-state index is 0.0284. The second-order valence-corrected chi connectivity index (χ2v) is 6.58. The van der Waals surface area contributed by atoms with Gasteiger partial charge in [0.2, 0.25) is 0 Å². The molecule has 0 aliphatic heterocycles. The summed E-state index contributed by atoms with van der Waals surface area (Å²) in [5.41, 5.74) is 0.532. The summed E-state index contributed by atoms with van der Waals surface area (Å²) >= 11 is 0. The van der Waals surface area contributed by atoms with Crippen LogP contribution in [-0.4, -0.2) is 34.7 Å². The van der Waals surface area contributed by atoms with E-state index in [-0.39, 0.29) is 11.9 Å². The lowest BCUT2D eigenvalue weighted by molar-refractivity contribution is -0.141. The molecule has 2 aromatic rings. The molecule has 1 saturated carbocycles. The lowest BCUT2D eigenvalue weighted by Crippen LogP contribution is -2.21. The number of nitrogens with zero attached hydrogens (tertiary/aromatic N) is 3. The quantitative estimate of drug-likeness (QED) is 0.823. The Labute approximate surface area is 144 Å². The summed E-state index contributed by atoms with van der Waals surface area (Å²) in [5.74, 6) is -0.190. The van der Waals surface area contributed by atoms with E-state index in [9.17, 15) is 18.0 Å². The Balaban J connectivity index is 2.08. The predicted octanol–water partition coefficient (Wildman–Crippen LogP) is 4.39. The number of rotatable bonds is 3. The lowest BCUT2D eigenvalue weighted by Gasteiger charge is -2.15. The smallest absolute Gasteiger partial charge is 0.345 e. The highest BCUT2D eigenvalue weighted by Gasteiger charge is 2.36. The van der Waals surface area contributed by atoms with Crippen LogP contribution in [0.15, 0.2) is 30.3 Å². The van der Waals surface area contributed by atoms with Crippen molar-refractivity contribution in [3.8, 4) is 11.3 Å². The van der Waals surface area contributed by atoms with Crippen molar-refractivity contribution in [2.24, 2.45) is 0 Å². The van der Waals surface area contributed by atoms with Gasteiger partial charge >= 0.3 is 6.18 Å². The number of halogens is 3. The van der Waals surface area contributed by atoms with Gasteiger partial charge in [0.25, 0.3) is 5.91 Å². The molecule has 0 saturated heterocycles. The zero-order valence-electron chi connectivity index (χ0n) is 14.2. The predicted molar refractivity (Wildman–Crippen MR) is 88.2 cm³/mol. The average molecular weight is 351 g/mol. The van der Waals surface area contributed by atoms with E-state index in [1.165, 1.54) is 9.58 Å². The minimum atomic E-state index is -4.49. The molecule has 1 aliphatic carbocycles. The van der Waals surface area contributed by atoms with E-state index in [2.05, 4.69) is 5.10 Å². The highest BCUT2D eigenvalue weighted by atomic mass is 19.4. The van der Waals surface area contributed by atoms with Crippen molar-refractivity contribution in [3.63, 3.8) is 0 Å². The summed E-state index contributed by atoms with van der Waals surface area (Å²) in [6.07, 6.45) is -0.866. The molecule has 1 aromatic heterocycles. The number of carbonyl (C=O) groups excluding carboxylic acids is 1. The Morgan fingerprint density at radius 2 is 1.88 bits per heavy atom. The second kappa shape index (κ2) is 6.54. The van der Waals surface area contributed by atoms with Crippen molar-refractivity contribution >= 4 is 5.91 Å². The molecule has 1 aliphatic rings. The number of amides is 1. The van der Waals surface area contributed by atoms with Crippen LogP contribution in [0.4, 0.5) is 13.2 Å². The zero-order chi connectivity index (χ0) is 18.2. The number of benzene rings is 1. The second-order valence-electron chi connectivity index (χ2n) is 6.58. The van der Waals surface area contributed by atoms with Gasteiger partial charge in [-0.25, -0.2) is 0 Å². The number of hydrogen-bond acceptors (Lipinski definition) is 2. The van der Waals surface area contributed by atoms with E-state index in [1.807, 2.05) is 0 Å². The fraction of sp³-hybridized carbons (Fsp3) is 0.444. The molecule has 0 atom stereocenters. The molecule has 25 heavy (non-hydrogen) atoms. The molecule has 0 unspecified atom stereocenters. The standard InChI is InChI=1S/C18H20F3N3O/c1-23(2)17(25)13-7-5-6-12(10-13)15-11-16(18(19,20)21)22-24(15)14-8-3-4-9-14/h5-7,10-11,14H,3-4,8-9H2,1-2H3. The van der Waals surface area contributed by atoms with Gasteiger partial charge < -0.3 is 4.90 Å².